The van der Waals surface area contributed by atoms with Crippen LogP contribution in [0.3, 0.4) is 0 Å². The highest BCUT2D eigenvalue weighted by molar-refractivity contribution is 5.35. The zero-order valence-corrected chi connectivity index (χ0v) is 10.7. The molecule has 0 aliphatic heterocycles. The molecule has 6 heteroatoms. The molecule has 0 spiro atoms. The van der Waals surface area contributed by atoms with E-state index in [1.165, 1.54) is 12.1 Å². The lowest BCUT2D eigenvalue weighted by Crippen LogP contribution is -2.13. The summed E-state index contributed by atoms with van der Waals surface area (Å²) in [6.07, 6.45) is 1.39. The molecule has 106 valence electrons. The van der Waals surface area contributed by atoms with Crippen molar-refractivity contribution in [2.75, 3.05) is 5.32 Å². The monoisotopic (exact) mass is 281 g/mol. The van der Waals surface area contributed by atoms with Gasteiger partial charge in [-0.2, -0.15) is 13.2 Å². The van der Waals surface area contributed by atoms with Crippen LogP contribution < -0.4 is 5.32 Å². The highest BCUT2D eigenvalue weighted by Crippen LogP contribution is 2.37. The first-order valence-corrected chi connectivity index (χ1v) is 6.47. The van der Waals surface area contributed by atoms with Crippen molar-refractivity contribution in [3.05, 3.63) is 47.8 Å². The second-order valence-corrected chi connectivity index (χ2v) is 4.90. The maximum atomic E-state index is 12.9. The predicted octanol–water partition coefficient (Wildman–Crippen LogP) is 3.85. The molecule has 1 aromatic heterocycles. The Morgan fingerprint density at radius 3 is 2.70 bits per heavy atom. The summed E-state index contributed by atoms with van der Waals surface area (Å²) >= 11 is 0. The summed E-state index contributed by atoms with van der Waals surface area (Å²) in [4.78, 5) is 4.15. The van der Waals surface area contributed by atoms with Gasteiger partial charge in [0.1, 0.15) is 0 Å². The molecule has 1 aliphatic rings. The highest BCUT2D eigenvalue weighted by Gasteiger charge is 2.33. The zero-order valence-electron chi connectivity index (χ0n) is 10.7. The number of halogens is 3. The molecule has 0 bridgehead atoms. The maximum Gasteiger partial charge on any atom is 0.416 e. The summed E-state index contributed by atoms with van der Waals surface area (Å²) in [5.41, 5.74) is -0.373. The number of imidazole rings is 1. The fourth-order valence-corrected chi connectivity index (χ4v) is 2.22. The molecule has 0 radical (unpaired) electrons. The topological polar surface area (TPSA) is 29.9 Å². The van der Waals surface area contributed by atoms with Crippen LogP contribution in [0.2, 0.25) is 0 Å². The molecule has 1 aromatic carbocycles. The molecule has 1 heterocycles. The van der Waals surface area contributed by atoms with Gasteiger partial charge in [-0.1, -0.05) is 18.2 Å². The van der Waals surface area contributed by atoms with E-state index in [1.807, 2.05) is 10.8 Å². The summed E-state index contributed by atoms with van der Waals surface area (Å²) in [6.45, 7) is 0.111. The smallest absolute Gasteiger partial charge is 0.352 e. The maximum absolute atomic E-state index is 12.9. The molecule has 3 nitrogen and oxygen atoms in total. The number of anilines is 1. The van der Waals surface area contributed by atoms with Gasteiger partial charge in [-0.15, -0.1) is 0 Å². The minimum absolute atomic E-state index is 0.111. The van der Waals surface area contributed by atoms with Crippen LogP contribution in [0.1, 0.15) is 30.0 Å². The van der Waals surface area contributed by atoms with Crippen LogP contribution in [0.25, 0.3) is 0 Å². The largest absolute Gasteiger partial charge is 0.416 e. The second-order valence-electron chi connectivity index (χ2n) is 4.90. The van der Waals surface area contributed by atoms with E-state index in [0.717, 1.165) is 18.9 Å². The number of hydrogen-bond donors (Lipinski definition) is 1. The average molecular weight is 281 g/mol. The van der Waals surface area contributed by atoms with Gasteiger partial charge in [-0.05, 0) is 24.5 Å². The van der Waals surface area contributed by atoms with Crippen LogP contribution in [0.15, 0.2) is 36.7 Å². The van der Waals surface area contributed by atoms with Crippen LogP contribution in [0, 0.1) is 0 Å². The van der Waals surface area contributed by atoms with Gasteiger partial charge < -0.3 is 9.88 Å². The number of nitrogens with one attached hydrogen (secondary N) is 1. The fraction of sp³-hybridized carbons (Fsp3) is 0.357. The lowest BCUT2D eigenvalue weighted by Gasteiger charge is -2.14. The standard InChI is InChI=1S/C14H14F3N3/c15-14(16,17)12-4-2-1-3-10(12)9-19-13-18-7-8-20(13)11-5-6-11/h1-4,7-8,11H,5-6,9H2,(H,18,19). The minimum atomic E-state index is -4.33. The van der Waals surface area contributed by atoms with E-state index in [2.05, 4.69) is 10.3 Å². The number of nitrogens with zero attached hydrogens (tertiary/aromatic N) is 2. The van der Waals surface area contributed by atoms with Crippen molar-refractivity contribution in [2.45, 2.75) is 31.6 Å². The van der Waals surface area contributed by atoms with Crippen LogP contribution in [-0.4, -0.2) is 9.55 Å². The van der Waals surface area contributed by atoms with E-state index in [1.54, 1.807) is 12.3 Å². The Balaban J connectivity index is 1.77. The summed E-state index contributed by atoms with van der Waals surface area (Å²) in [5, 5.41) is 3.00. The first kappa shape index (κ1) is 13.0. The highest BCUT2D eigenvalue weighted by atomic mass is 19.4. The Hall–Kier alpha value is -1.98. The molecule has 1 fully saturated rings. The third-order valence-electron chi connectivity index (χ3n) is 3.37. The fourth-order valence-electron chi connectivity index (χ4n) is 2.22. The van der Waals surface area contributed by atoms with Crippen molar-refractivity contribution >= 4 is 5.95 Å². The molecule has 20 heavy (non-hydrogen) atoms. The molecule has 0 amide bonds. The SMILES string of the molecule is FC(F)(F)c1ccccc1CNc1nccn1C1CC1. The number of alkyl halides is 3. The van der Waals surface area contributed by atoms with Crippen LogP contribution in [-0.2, 0) is 12.7 Å². The summed E-state index contributed by atoms with van der Waals surface area (Å²) < 4.78 is 40.6. The van der Waals surface area contributed by atoms with Crippen molar-refractivity contribution < 1.29 is 13.2 Å². The molecule has 0 saturated heterocycles. The molecule has 0 atom stereocenters. The van der Waals surface area contributed by atoms with E-state index >= 15 is 0 Å². The number of rotatable bonds is 4. The average Bonchev–Trinajstić information content (AvgIpc) is 3.15. The first-order chi connectivity index (χ1) is 9.55. The van der Waals surface area contributed by atoms with E-state index in [-0.39, 0.29) is 12.1 Å². The minimum Gasteiger partial charge on any atom is -0.352 e. The Morgan fingerprint density at radius 1 is 1.25 bits per heavy atom. The van der Waals surface area contributed by atoms with Crippen molar-refractivity contribution in [1.29, 1.82) is 0 Å². The van der Waals surface area contributed by atoms with Gasteiger partial charge >= 0.3 is 6.18 Å². The Morgan fingerprint density at radius 2 is 2.00 bits per heavy atom. The van der Waals surface area contributed by atoms with Crippen molar-refractivity contribution in [3.63, 3.8) is 0 Å². The Labute approximate surface area is 114 Å². The Kier molecular flexibility index (Phi) is 3.16. The van der Waals surface area contributed by atoms with Gasteiger partial charge in [0.25, 0.3) is 0 Å². The normalized spacial score (nSPS) is 15.3. The van der Waals surface area contributed by atoms with Gasteiger partial charge in [0.2, 0.25) is 5.95 Å². The van der Waals surface area contributed by atoms with Gasteiger partial charge in [-0.25, -0.2) is 4.98 Å². The molecule has 2 aromatic rings. The molecule has 1 aliphatic carbocycles. The van der Waals surface area contributed by atoms with Crippen molar-refractivity contribution in [3.8, 4) is 0 Å². The van der Waals surface area contributed by atoms with Crippen LogP contribution in [0.5, 0.6) is 0 Å². The van der Waals surface area contributed by atoms with Gasteiger partial charge in [-0.3, -0.25) is 0 Å². The molecule has 0 unspecified atom stereocenters. The van der Waals surface area contributed by atoms with E-state index in [0.29, 0.717) is 12.0 Å². The quantitative estimate of drug-likeness (QED) is 0.922. The van der Waals surface area contributed by atoms with E-state index in [9.17, 15) is 13.2 Å². The zero-order chi connectivity index (χ0) is 14.2. The number of hydrogen-bond acceptors (Lipinski definition) is 2. The van der Waals surface area contributed by atoms with Crippen LogP contribution in [0.4, 0.5) is 19.1 Å². The molecule has 1 saturated carbocycles. The lowest BCUT2D eigenvalue weighted by molar-refractivity contribution is -0.138. The molecule has 1 N–H and O–H groups in total. The predicted molar refractivity (Wildman–Crippen MR) is 69.3 cm³/mol. The second kappa shape index (κ2) is 4.85. The van der Waals surface area contributed by atoms with Gasteiger partial charge in [0.15, 0.2) is 0 Å². The Bertz CT molecular complexity index is 600. The van der Waals surface area contributed by atoms with Crippen molar-refractivity contribution in [2.24, 2.45) is 0 Å². The van der Waals surface area contributed by atoms with Crippen molar-refractivity contribution in [1.82, 2.24) is 9.55 Å². The molecular formula is C14H14F3N3. The number of benzene rings is 1. The van der Waals surface area contributed by atoms with Gasteiger partial charge in [0, 0.05) is 25.0 Å². The van der Waals surface area contributed by atoms with Gasteiger partial charge in [0.05, 0.1) is 5.56 Å². The summed E-state index contributed by atoms with van der Waals surface area (Å²) in [5.74, 6) is 0.629. The molecule has 3 rings (SSSR count). The van der Waals surface area contributed by atoms with E-state index in [4.69, 9.17) is 0 Å². The third kappa shape index (κ3) is 2.64. The van der Waals surface area contributed by atoms with E-state index < -0.39 is 11.7 Å². The summed E-state index contributed by atoms with van der Waals surface area (Å²) in [6, 6.07) is 6.04. The summed E-state index contributed by atoms with van der Waals surface area (Å²) in [7, 11) is 0. The number of aromatic nitrogens is 2. The third-order valence-corrected chi connectivity index (χ3v) is 3.37. The first-order valence-electron chi connectivity index (χ1n) is 6.47. The van der Waals surface area contributed by atoms with Crippen LogP contribution >= 0.6 is 0 Å². The lowest BCUT2D eigenvalue weighted by atomic mass is 10.1. The molecular weight excluding hydrogens is 267 g/mol.